The van der Waals surface area contributed by atoms with Crippen LogP contribution in [0.15, 0.2) is 18.2 Å². The van der Waals surface area contributed by atoms with Crippen molar-refractivity contribution in [1.29, 1.82) is 0 Å². The van der Waals surface area contributed by atoms with Gasteiger partial charge in [-0.15, -0.1) is 11.6 Å². The zero-order chi connectivity index (χ0) is 13.4. The van der Waals surface area contributed by atoms with E-state index in [1.807, 2.05) is 0 Å². The van der Waals surface area contributed by atoms with Crippen LogP contribution in [0.3, 0.4) is 0 Å². The minimum Gasteiger partial charge on any atom is -0.352 e. The number of carbonyl (C=O) groups is 1. The van der Waals surface area contributed by atoms with E-state index in [2.05, 4.69) is 5.32 Å². The van der Waals surface area contributed by atoms with Crippen LogP contribution >= 0.6 is 11.6 Å². The van der Waals surface area contributed by atoms with Crippen LogP contribution in [0, 0.1) is 12.7 Å². The standard InChI is InChI=1S/C14H19ClFNO/c1-11-10-12(16)6-7-13(11)14(18)17-9-5-3-2-4-8-15/h6-7,10H,2-5,8-9H2,1H3,(H,17,18). The molecule has 1 aromatic rings. The number of halogens is 2. The van der Waals surface area contributed by atoms with Crippen molar-refractivity contribution in [1.82, 2.24) is 5.32 Å². The van der Waals surface area contributed by atoms with Crippen LogP contribution in [0.1, 0.15) is 41.6 Å². The Labute approximate surface area is 113 Å². The third-order valence-corrected chi connectivity index (χ3v) is 3.05. The Morgan fingerprint density at radius 2 is 2.00 bits per heavy atom. The van der Waals surface area contributed by atoms with E-state index in [1.54, 1.807) is 6.92 Å². The number of alkyl halides is 1. The molecule has 2 nitrogen and oxygen atoms in total. The van der Waals surface area contributed by atoms with Crippen molar-refractivity contribution in [2.45, 2.75) is 32.6 Å². The summed E-state index contributed by atoms with van der Waals surface area (Å²) in [6.07, 6.45) is 4.12. The first-order valence-corrected chi connectivity index (χ1v) is 6.79. The van der Waals surface area contributed by atoms with Gasteiger partial charge in [-0.25, -0.2) is 4.39 Å². The van der Waals surface area contributed by atoms with Gasteiger partial charge in [0.25, 0.3) is 5.91 Å². The molecule has 1 amide bonds. The fourth-order valence-corrected chi connectivity index (χ4v) is 1.94. The topological polar surface area (TPSA) is 29.1 Å². The van der Waals surface area contributed by atoms with Gasteiger partial charge >= 0.3 is 0 Å². The zero-order valence-corrected chi connectivity index (χ0v) is 11.4. The van der Waals surface area contributed by atoms with E-state index in [-0.39, 0.29) is 11.7 Å². The lowest BCUT2D eigenvalue weighted by atomic mass is 10.1. The first-order valence-electron chi connectivity index (χ1n) is 6.25. The molecule has 0 saturated heterocycles. The number of nitrogens with one attached hydrogen (secondary N) is 1. The van der Waals surface area contributed by atoms with Gasteiger partial charge in [0.2, 0.25) is 0 Å². The van der Waals surface area contributed by atoms with Gasteiger partial charge in [-0.3, -0.25) is 4.79 Å². The summed E-state index contributed by atoms with van der Waals surface area (Å²) in [5.74, 6) is 0.246. The average molecular weight is 272 g/mol. The zero-order valence-electron chi connectivity index (χ0n) is 10.6. The molecule has 100 valence electrons. The molecular formula is C14H19ClFNO. The number of amides is 1. The molecular weight excluding hydrogens is 253 g/mol. The van der Waals surface area contributed by atoms with Gasteiger partial charge in [-0.05, 0) is 43.5 Å². The first-order chi connectivity index (χ1) is 8.65. The summed E-state index contributed by atoms with van der Waals surface area (Å²) in [6, 6.07) is 4.20. The molecule has 18 heavy (non-hydrogen) atoms. The maximum absolute atomic E-state index is 12.9. The second-order valence-electron chi connectivity index (χ2n) is 4.32. The van der Waals surface area contributed by atoms with E-state index in [1.165, 1.54) is 18.2 Å². The largest absolute Gasteiger partial charge is 0.352 e. The molecule has 0 heterocycles. The third kappa shape index (κ3) is 5.05. The molecule has 0 radical (unpaired) electrons. The maximum Gasteiger partial charge on any atom is 0.251 e. The highest BCUT2D eigenvalue weighted by Crippen LogP contribution is 2.10. The number of unbranched alkanes of at least 4 members (excludes halogenated alkanes) is 3. The summed E-state index contributed by atoms with van der Waals surface area (Å²) in [5, 5.41) is 2.84. The second-order valence-corrected chi connectivity index (χ2v) is 4.70. The molecule has 0 unspecified atom stereocenters. The molecule has 4 heteroatoms. The quantitative estimate of drug-likeness (QED) is 0.595. The minimum atomic E-state index is -0.315. The van der Waals surface area contributed by atoms with Gasteiger partial charge in [0.15, 0.2) is 0 Å². The first kappa shape index (κ1) is 15.0. The van der Waals surface area contributed by atoms with Gasteiger partial charge in [0, 0.05) is 18.0 Å². The van der Waals surface area contributed by atoms with Gasteiger partial charge in [-0.2, -0.15) is 0 Å². The number of carbonyl (C=O) groups excluding carboxylic acids is 1. The number of aryl methyl sites for hydroxylation is 1. The fourth-order valence-electron chi connectivity index (χ4n) is 1.75. The van der Waals surface area contributed by atoms with Gasteiger partial charge < -0.3 is 5.32 Å². The van der Waals surface area contributed by atoms with Crippen molar-refractivity contribution in [3.63, 3.8) is 0 Å². The van der Waals surface area contributed by atoms with Crippen molar-refractivity contribution < 1.29 is 9.18 Å². The third-order valence-electron chi connectivity index (χ3n) is 2.78. The molecule has 1 rings (SSSR count). The highest BCUT2D eigenvalue weighted by molar-refractivity contribution is 6.17. The van der Waals surface area contributed by atoms with Crippen molar-refractivity contribution in [2.75, 3.05) is 12.4 Å². The van der Waals surface area contributed by atoms with Crippen LogP contribution in [-0.4, -0.2) is 18.3 Å². The Morgan fingerprint density at radius 1 is 1.28 bits per heavy atom. The van der Waals surface area contributed by atoms with Crippen LogP contribution in [-0.2, 0) is 0 Å². The van der Waals surface area contributed by atoms with E-state index in [9.17, 15) is 9.18 Å². The molecule has 0 bridgehead atoms. The number of benzene rings is 1. The SMILES string of the molecule is Cc1cc(F)ccc1C(=O)NCCCCCCCl. The van der Waals surface area contributed by atoms with E-state index in [0.29, 0.717) is 23.6 Å². The minimum absolute atomic E-state index is 0.134. The van der Waals surface area contributed by atoms with Gasteiger partial charge in [-0.1, -0.05) is 12.8 Å². The summed E-state index contributed by atoms with van der Waals surface area (Å²) in [6.45, 7) is 2.39. The van der Waals surface area contributed by atoms with Crippen LogP contribution in [0.5, 0.6) is 0 Å². The lowest BCUT2D eigenvalue weighted by molar-refractivity contribution is 0.0952. The predicted molar refractivity (Wildman–Crippen MR) is 72.7 cm³/mol. The molecule has 0 fully saturated rings. The van der Waals surface area contributed by atoms with Crippen molar-refractivity contribution >= 4 is 17.5 Å². The molecule has 0 saturated carbocycles. The lowest BCUT2D eigenvalue weighted by Crippen LogP contribution is -2.25. The lowest BCUT2D eigenvalue weighted by Gasteiger charge is -2.07. The Balaban J connectivity index is 2.32. The summed E-state index contributed by atoms with van der Waals surface area (Å²) in [7, 11) is 0. The number of hydrogen-bond donors (Lipinski definition) is 1. The van der Waals surface area contributed by atoms with Crippen molar-refractivity contribution in [3.8, 4) is 0 Å². The van der Waals surface area contributed by atoms with Gasteiger partial charge in [0.05, 0.1) is 0 Å². The molecule has 1 aromatic carbocycles. The monoisotopic (exact) mass is 271 g/mol. The average Bonchev–Trinajstić information content (AvgIpc) is 2.33. The van der Waals surface area contributed by atoms with Crippen molar-refractivity contribution in [2.24, 2.45) is 0 Å². The van der Waals surface area contributed by atoms with E-state index < -0.39 is 0 Å². The molecule has 0 aromatic heterocycles. The fraction of sp³-hybridized carbons (Fsp3) is 0.500. The van der Waals surface area contributed by atoms with E-state index in [0.717, 1.165) is 25.7 Å². The summed E-state index contributed by atoms with van der Waals surface area (Å²) >= 11 is 5.57. The predicted octanol–water partition coefficient (Wildman–Crippen LogP) is 3.66. The molecule has 0 spiro atoms. The van der Waals surface area contributed by atoms with E-state index in [4.69, 9.17) is 11.6 Å². The Kier molecular flexibility index (Phi) is 6.73. The number of hydrogen-bond acceptors (Lipinski definition) is 1. The highest BCUT2D eigenvalue weighted by atomic mass is 35.5. The summed E-state index contributed by atoms with van der Waals surface area (Å²) < 4.78 is 12.9. The summed E-state index contributed by atoms with van der Waals surface area (Å²) in [4.78, 5) is 11.8. The van der Waals surface area contributed by atoms with E-state index >= 15 is 0 Å². The van der Waals surface area contributed by atoms with Gasteiger partial charge in [0.1, 0.15) is 5.82 Å². The molecule has 0 aliphatic carbocycles. The van der Waals surface area contributed by atoms with Crippen LogP contribution in [0.25, 0.3) is 0 Å². The molecule has 1 N–H and O–H groups in total. The van der Waals surface area contributed by atoms with Crippen LogP contribution in [0.2, 0.25) is 0 Å². The van der Waals surface area contributed by atoms with Crippen LogP contribution in [0.4, 0.5) is 4.39 Å². The Morgan fingerprint density at radius 3 is 2.67 bits per heavy atom. The second kappa shape index (κ2) is 8.09. The molecule has 0 atom stereocenters. The molecule has 0 aliphatic rings. The normalized spacial score (nSPS) is 10.4. The smallest absolute Gasteiger partial charge is 0.251 e. The highest BCUT2D eigenvalue weighted by Gasteiger charge is 2.08. The maximum atomic E-state index is 12.9. The Hall–Kier alpha value is -1.09. The number of rotatable bonds is 7. The summed E-state index contributed by atoms with van der Waals surface area (Å²) in [5.41, 5.74) is 1.20. The Bertz CT molecular complexity index is 395. The molecule has 0 aliphatic heterocycles. The van der Waals surface area contributed by atoms with Crippen LogP contribution < -0.4 is 5.32 Å². The van der Waals surface area contributed by atoms with Crippen molar-refractivity contribution in [3.05, 3.63) is 35.1 Å².